The molecule has 33 heavy (non-hydrogen) atoms. The number of aromatic amines is 2. The lowest BCUT2D eigenvalue weighted by Crippen LogP contribution is -2.46. The molecule has 10 heteroatoms. The molecule has 0 aliphatic rings. The number of carbonyl (C=O) groups is 2. The van der Waals surface area contributed by atoms with Crippen LogP contribution in [0.3, 0.4) is 0 Å². The monoisotopic (exact) mass is 448 g/mol. The van der Waals surface area contributed by atoms with Gasteiger partial charge in [0.2, 0.25) is 11.8 Å². The lowest BCUT2D eigenvalue weighted by Gasteiger charge is -2.15. The van der Waals surface area contributed by atoms with Crippen LogP contribution in [0.25, 0.3) is 16.6 Å². The molecule has 4 N–H and O–H groups in total. The second-order valence-corrected chi connectivity index (χ2v) is 7.72. The molecule has 0 bridgehead atoms. The molecule has 0 unspecified atom stereocenters. The molecule has 170 valence electrons. The van der Waals surface area contributed by atoms with Crippen molar-refractivity contribution in [3.8, 4) is 5.69 Å². The zero-order valence-corrected chi connectivity index (χ0v) is 18.2. The summed E-state index contributed by atoms with van der Waals surface area (Å²) in [5.74, 6) is -0.560. The number of carbonyl (C=O) groups excluding carboxylic acids is 2. The number of likely N-dealkylation sites (N-methyl/N-ethyl adjacent to an activating group) is 1. The first-order chi connectivity index (χ1) is 15.9. The Morgan fingerprint density at radius 3 is 2.55 bits per heavy atom. The van der Waals surface area contributed by atoms with Crippen LogP contribution in [-0.4, -0.2) is 44.2 Å². The maximum atomic E-state index is 12.8. The summed E-state index contributed by atoms with van der Waals surface area (Å²) in [5.41, 5.74) is 2.04. The number of amides is 2. The van der Waals surface area contributed by atoms with Gasteiger partial charge in [-0.1, -0.05) is 30.3 Å². The third kappa shape index (κ3) is 4.49. The van der Waals surface area contributed by atoms with Gasteiger partial charge in [0.05, 0.1) is 12.2 Å². The number of nitrogens with zero attached hydrogens (tertiary/aromatic N) is 2. The summed E-state index contributed by atoms with van der Waals surface area (Å²) in [6, 6.07) is 13.7. The van der Waals surface area contributed by atoms with Crippen LogP contribution in [-0.2, 0) is 22.6 Å². The third-order valence-corrected chi connectivity index (χ3v) is 5.41. The van der Waals surface area contributed by atoms with Crippen molar-refractivity contribution in [1.29, 1.82) is 0 Å². The highest BCUT2D eigenvalue weighted by Gasteiger charge is 2.20. The van der Waals surface area contributed by atoms with E-state index >= 15 is 0 Å². The fourth-order valence-corrected chi connectivity index (χ4v) is 3.86. The molecular weight excluding hydrogens is 424 g/mol. The second-order valence-electron chi connectivity index (χ2n) is 7.72. The molecule has 0 aliphatic carbocycles. The molecular formula is C23H24N6O4. The van der Waals surface area contributed by atoms with E-state index in [2.05, 4.69) is 20.7 Å². The molecule has 0 saturated carbocycles. The minimum atomic E-state index is -0.687. The van der Waals surface area contributed by atoms with Gasteiger partial charge in [0.15, 0.2) is 0 Å². The van der Waals surface area contributed by atoms with E-state index in [1.807, 2.05) is 24.3 Å². The first-order valence-electron chi connectivity index (χ1n) is 10.4. The van der Waals surface area contributed by atoms with Crippen LogP contribution < -0.4 is 22.0 Å². The van der Waals surface area contributed by atoms with Crippen molar-refractivity contribution in [1.82, 2.24) is 30.0 Å². The predicted molar refractivity (Wildman–Crippen MR) is 123 cm³/mol. The first-order valence-corrected chi connectivity index (χ1v) is 10.4. The second kappa shape index (κ2) is 9.03. The maximum Gasteiger partial charge on any atom is 0.351 e. The molecule has 2 aromatic carbocycles. The van der Waals surface area contributed by atoms with Crippen molar-refractivity contribution in [3.05, 3.63) is 86.8 Å². The van der Waals surface area contributed by atoms with Crippen molar-refractivity contribution < 1.29 is 9.59 Å². The Kier molecular flexibility index (Phi) is 5.99. The molecule has 2 heterocycles. The Morgan fingerprint density at radius 2 is 1.85 bits per heavy atom. The van der Waals surface area contributed by atoms with Gasteiger partial charge in [0.1, 0.15) is 6.04 Å². The van der Waals surface area contributed by atoms with Crippen LogP contribution in [0.1, 0.15) is 18.1 Å². The van der Waals surface area contributed by atoms with Gasteiger partial charge in [0, 0.05) is 37.5 Å². The summed E-state index contributed by atoms with van der Waals surface area (Å²) in [5, 5.41) is 8.73. The summed E-state index contributed by atoms with van der Waals surface area (Å²) in [6.07, 6.45) is 2.12. The van der Waals surface area contributed by atoms with Crippen molar-refractivity contribution in [2.75, 3.05) is 7.05 Å². The van der Waals surface area contributed by atoms with Gasteiger partial charge in [0.25, 0.3) is 0 Å². The fraction of sp³-hybridized carbons (Fsp3) is 0.217. The molecule has 1 atom stereocenters. The van der Waals surface area contributed by atoms with Gasteiger partial charge in [-0.05, 0) is 29.3 Å². The molecule has 4 rings (SSSR count). The summed E-state index contributed by atoms with van der Waals surface area (Å²) < 4.78 is 2.35. The summed E-state index contributed by atoms with van der Waals surface area (Å²) in [7, 11) is 1.52. The first kappa shape index (κ1) is 21.9. The number of benzene rings is 2. The van der Waals surface area contributed by atoms with E-state index in [9.17, 15) is 19.2 Å². The highest BCUT2D eigenvalue weighted by molar-refractivity contribution is 5.89. The number of aromatic nitrogens is 4. The Bertz CT molecular complexity index is 1430. The normalized spacial score (nSPS) is 11.9. The number of fused-ring (bicyclic) bond motifs is 1. The molecule has 0 saturated heterocycles. The Labute approximate surface area is 188 Å². The van der Waals surface area contributed by atoms with Crippen LogP contribution >= 0.6 is 0 Å². The average Bonchev–Trinajstić information content (AvgIpc) is 3.32. The van der Waals surface area contributed by atoms with Crippen LogP contribution in [0.4, 0.5) is 0 Å². The third-order valence-electron chi connectivity index (χ3n) is 5.41. The predicted octanol–water partition coefficient (Wildman–Crippen LogP) is 0.650. The Morgan fingerprint density at radius 1 is 1.09 bits per heavy atom. The van der Waals surface area contributed by atoms with Gasteiger partial charge >= 0.3 is 11.4 Å². The molecule has 0 fully saturated rings. The van der Waals surface area contributed by atoms with Crippen LogP contribution in [0.15, 0.2) is 64.3 Å². The number of nitrogens with one attached hydrogen (secondary N) is 4. The molecule has 0 aliphatic heterocycles. The number of para-hydroxylation sites is 1. The standard InChI is InChI=1S/C23H24N6O4/c1-14(30)26-20(21(31)24-2)11-16-12-25-19-10-15(8-9-18(16)19)13-28-23(33)29(22(32)27-28)17-6-4-3-5-7-17/h3-10,12,20,25H,11,13H2,1-2H3,(H,24,31)(H,26,30)(H,27,32)/t20-/m0/s1. The largest absolute Gasteiger partial charge is 0.361 e. The molecule has 2 aromatic heterocycles. The maximum absolute atomic E-state index is 12.8. The lowest BCUT2D eigenvalue weighted by atomic mass is 10.0. The Balaban J connectivity index is 1.59. The molecule has 4 aromatic rings. The van der Waals surface area contributed by atoms with Crippen LogP contribution in [0, 0.1) is 0 Å². The molecule has 0 spiro atoms. The van der Waals surface area contributed by atoms with Gasteiger partial charge in [-0.2, -0.15) is 0 Å². The molecule has 2 amide bonds. The van der Waals surface area contributed by atoms with Crippen molar-refractivity contribution >= 4 is 22.7 Å². The minimum absolute atomic E-state index is 0.185. The average molecular weight is 448 g/mol. The van der Waals surface area contributed by atoms with Crippen LogP contribution in [0.2, 0.25) is 0 Å². The highest BCUT2D eigenvalue weighted by atomic mass is 16.2. The van der Waals surface area contributed by atoms with Crippen molar-refractivity contribution in [3.63, 3.8) is 0 Å². The number of hydrogen-bond donors (Lipinski definition) is 4. The van der Waals surface area contributed by atoms with Gasteiger partial charge < -0.3 is 15.6 Å². The zero-order valence-electron chi connectivity index (χ0n) is 18.2. The fourth-order valence-electron chi connectivity index (χ4n) is 3.86. The van der Waals surface area contributed by atoms with Gasteiger partial charge in [-0.25, -0.2) is 23.9 Å². The van der Waals surface area contributed by atoms with E-state index in [0.29, 0.717) is 12.1 Å². The number of hydrogen-bond acceptors (Lipinski definition) is 4. The number of H-pyrrole nitrogens is 2. The summed E-state index contributed by atoms with van der Waals surface area (Å²) in [4.78, 5) is 51.9. The topological polar surface area (TPSA) is 134 Å². The highest BCUT2D eigenvalue weighted by Crippen LogP contribution is 2.21. The van der Waals surface area contributed by atoms with Gasteiger partial charge in [-0.3, -0.25) is 9.59 Å². The minimum Gasteiger partial charge on any atom is -0.361 e. The van der Waals surface area contributed by atoms with E-state index in [1.165, 1.54) is 18.7 Å². The van der Waals surface area contributed by atoms with Crippen molar-refractivity contribution in [2.45, 2.75) is 25.9 Å². The zero-order chi connectivity index (χ0) is 23.5. The summed E-state index contributed by atoms with van der Waals surface area (Å²) in [6.45, 7) is 1.56. The molecule has 10 nitrogen and oxygen atoms in total. The number of rotatable bonds is 7. The van der Waals surface area contributed by atoms with E-state index in [1.54, 1.807) is 30.5 Å². The van der Waals surface area contributed by atoms with E-state index in [0.717, 1.165) is 26.6 Å². The van der Waals surface area contributed by atoms with Crippen molar-refractivity contribution in [2.24, 2.45) is 0 Å². The van der Waals surface area contributed by atoms with Crippen LogP contribution in [0.5, 0.6) is 0 Å². The smallest absolute Gasteiger partial charge is 0.351 e. The van der Waals surface area contributed by atoms with Gasteiger partial charge in [-0.15, -0.1) is 0 Å². The van der Waals surface area contributed by atoms with E-state index in [4.69, 9.17) is 0 Å². The summed E-state index contributed by atoms with van der Waals surface area (Å²) >= 11 is 0. The SMILES string of the molecule is CNC(=O)[C@H](Cc1c[nH]c2cc(Cn3[nH]c(=O)n(-c4ccccc4)c3=O)ccc12)NC(C)=O. The van der Waals surface area contributed by atoms with E-state index in [-0.39, 0.29) is 18.4 Å². The molecule has 0 radical (unpaired) electrons. The Hall–Kier alpha value is -4.34. The lowest BCUT2D eigenvalue weighted by molar-refractivity contribution is -0.127. The van der Waals surface area contributed by atoms with E-state index < -0.39 is 17.4 Å². The quantitative estimate of drug-likeness (QED) is 0.330.